The van der Waals surface area contributed by atoms with Gasteiger partial charge >= 0.3 is 0 Å². The number of carbonyl (C=O) groups is 1. The van der Waals surface area contributed by atoms with Crippen molar-refractivity contribution in [2.45, 2.75) is 12.8 Å². The highest BCUT2D eigenvalue weighted by Gasteiger charge is 2.28. The van der Waals surface area contributed by atoms with E-state index in [0.717, 1.165) is 19.5 Å². The molecule has 1 aromatic heterocycles. The summed E-state index contributed by atoms with van der Waals surface area (Å²) in [4.78, 5) is 15.1. The number of benzene rings is 1. The second-order valence-electron chi connectivity index (χ2n) is 5.06. The number of hydrogen-bond acceptors (Lipinski definition) is 2. The van der Waals surface area contributed by atoms with Crippen molar-refractivity contribution in [3.8, 4) is 0 Å². The van der Waals surface area contributed by atoms with Crippen molar-refractivity contribution in [2.75, 3.05) is 19.0 Å². The summed E-state index contributed by atoms with van der Waals surface area (Å²) >= 11 is 7.66. The molecule has 19 heavy (non-hydrogen) atoms. The van der Waals surface area contributed by atoms with E-state index in [-0.39, 0.29) is 5.91 Å². The predicted octanol–water partition coefficient (Wildman–Crippen LogP) is 3.53. The molecule has 2 heterocycles. The first-order valence-corrected chi connectivity index (χ1v) is 7.92. The zero-order valence-electron chi connectivity index (χ0n) is 10.6. The Morgan fingerprint density at radius 1 is 1.37 bits per heavy atom. The zero-order chi connectivity index (χ0) is 13.2. The molecule has 1 aliphatic rings. The van der Waals surface area contributed by atoms with E-state index in [0.29, 0.717) is 18.2 Å². The minimum Gasteiger partial charge on any atom is -0.342 e. The van der Waals surface area contributed by atoms with E-state index < -0.39 is 0 Å². The number of hydrogen-bond donors (Lipinski definition) is 0. The first-order valence-electron chi connectivity index (χ1n) is 6.57. The highest BCUT2D eigenvalue weighted by molar-refractivity contribution is 7.19. The Hall–Kier alpha value is -1.06. The van der Waals surface area contributed by atoms with Gasteiger partial charge in [-0.1, -0.05) is 18.2 Å². The molecule has 4 heteroatoms. The van der Waals surface area contributed by atoms with Crippen LogP contribution in [0.25, 0.3) is 10.1 Å². The molecule has 0 spiro atoms. The molecule has 0 radical (unpaired) electrons. The van der Waals surface area contributed by atoms with Gasteiger partial charge in [-0.2, -0.15) is 0 Å². The summed E-state index contributed by atoms with van der Waals surface area (Å²) in [5, 5.41) is 1.30. The van der Waals surface area contributed by atoms with Gasteiger partial charge in [-0.3, -0.25) is 4.79 Å². The summed E-state index contributed by atoms with van der Waals surface area (Å²) in [5.41, 5.74) is 0. The van der Waals surface area contributed by atoms with Crippen LogP contribution in [0.2, 0.25) is 0 Å². The highest BCUT2D eigenvalue weighted by Crippen LogP contribution is 2.26. The second-order valence-corrected chi connectivity index (χ2v) is 6.54. The largest absolute Gasteiger partial charge is 0.342 e. The molecular weight excluding hydrogens is 278 g/mol. The Labute approximate surface area is 122 Å². The van der Waals surface area contributed by atoms with Crippen LogP contribution in [-0.2, 0) is 11.2 Å². The minimum absolute atomic E-state index is 0.256. The Balaban J connectivity index is 1.64. The molecule has 1 aliphatic heterocycles. The standard InChI is InChI=1S/C15H16ClNOS/c16-9-11-7-15(18)17(10-11)6-5-13-8-12-3-1-2-4-14(12)19-13/h1-4,8,11H,5-7,9-10H2. The summed E-state index contributed by atoms with van der Waals surface area (Å²) in [6.07, 6.45) is 1.57. The molecule has 0 saturated carbocycles. The molecule has 1 unspecified atom stereocenters. The van der Waals surface area contributed by atoms with Gasteiger partial charge in [0, 0.05) is 35.0 Å². The molecule has 0 aliphatic carbocycles. The van der Waals surface area contributed by atoms with Crippen molar-refractivity contribution in [1.82, 2.24) is 4.90 Å². The smallest absolute Gasteiger partial charge is 0.222 e. The first-order chi connectivity index (χ1) is 9.26. The molecule has 1 fully saturated rings. The van der Waals surface area contributed by atoms with Gasteiger partial charge in [-0.25, -0.2) is 0 Å². The summed E-state index contributed by atoms with van der Waals surface area (Å²) < 4.78 is 1.32. The highest BCUT2D eigenvalue weighted by atomic mass is 35.5. The van der Waals surface area contributed by atoms with E-state index in [9.17, 15) is 4.79 Å². The number of rotatable bonds is 4. The van der Waals surface area contributed by atoms with Crippen LogP contribution < -0.4 is 0 Å². The number of amides is 1. The van der Waals surface area contributed by atoms with E-state index in [4.69, 9.17) is 11.6 Å². The fourth-order valence-electron chi connectivity index (χ4n) is 2.58. The SMILES string of the molecule is O=C1CC(CCl)CN1CCc1cc2ccccc2s1. The molecular formula is C15H16ClNOS. The molecule has 1 aromatic carbocycles. The van der Waals surface area contributed by atoms with Gasteiger partial charge in [-0.05, 0) is 29.9 Å². The number of thiophene rings is 1. The van der Waals surface area contributed by atoms with Gasteiger partial charge < -0.3 is 4.90 Å². The number of halogens is 1. The predicted molar refractivity (Wildman–Crippen MR) is 80.9 cm³/mol. The molecule has 2 nitrogen and oxygen atoms in total. The van der Waals surface area contributed by atoms with Gasteiger partial charge in [-0.15, -0.1) is 22.9 Å². The Kier molecular flexibility index (Phi) is 3.76. The normalized spacial score (nSPS) is 19.5. The number of nitrogens with zero attached hydrogens (tertiary/aromatic N) is 1. The van der Waals surface area contributed by atoms with Crippen LogP contribution in [0, 0.1) is 5.92 Å². The van der Waals surface area contributed by atoms with Gasteiger partial charge in [0.05, 0.1) is 0 Å². The van der Waals surface area contributed by atoms with Crippen molar-refractivity contribution < 1.29 is 4.79 Å². The van der Waals surface area contributed by atoms with Crippen molar-refractivity contribution in [2.24, 2.45) is 5.92 Å². The molecule has 1 atom stereocenters. The monoisotopic (exact) mass is 293 g/mol. The van der Waals surface area contributed by atoms with Crippen LogP contribution >= 0.6 is 22.9 Å². The van der Waals surface area contributed by atoms with Crippen LogP contribution in [0.1, 0.15) is 11.3 Å². The number of likely N-dealkylation sites (tertiary alicyclic amines) is 1. The van der Waals surface area contributed by atoms with E-state index in [1.54, 1.807) is 0 Å². The van der Waals surface area contributed by atoms with E-state index in [2.05, 4.69) is 30.3 Å². The van der Waals surface area contributed by atoms with Crippen molar-refractivity contribution >= 4 is 38.9 Å². The van der Waals surface area contributed by atoms with Crippen LogP contribution in [-0.4, -0.2) is 29.8 Å². The third-order valence-electron chi connectivity index (χ3n) is 3.62. The summed E-state index contributed by atoms with van der Waals surface area (Å²) in [7, 11) is 0. The lowest BCUT2D eigenvalue weighted by Crippen LogP contribution is -2.27. The van der Waals surface area contributed by atoms with Crippen LogP contribution in [0.15, 0.2) is 30.3 Å². The number of carbonyl (C=O) groups excluding carboxylic acids is 1. The number of fused-ring (bicyclic) bond motifs is 1. The van der Waals surface area contributed by atoms with Crippen molar-refractivity contribution in [3.05, 3.63) is 35.2 Å². The van der Waals surface area contributed by atoms with Gasteiger partial charge in [0.25, 0.3) is 0 Å². The molecule has 0 N–H and O–H groups in total. The summed E-state index contributed by atoms with van der Waals surface area (Å²) in [6, 6.07) is 10.7. The molecule has 100 valence electrons. The van der Waals surface area contributed by atoms with Gasteiger partial charge in [0.2, 0.25) is 5.91 Å². The van der Waals surface area contributed by atoms with Crippen molar-refractivity contribution in [1.29, 1.82) is 0 Å². The van der Waals surface area contributed by atoms with E-state index in [1.807, 2.05) is 16.2 Å². The molecule has 2 aromatic rings. The third kappa shape index (κ3) is 2.77. The molecule has 3 rings (SSSR count). The number of alkyl halides is 1. The molecule has 1 amide bonds. The summed E-state index contributed by atoms with van der Waals surface area (Å²) in [6.45, 7) is 1.65. The second kappa shape index (κ2) is 5.51. The van der Waals surface area contributed by atoms with Gasteiger partial charge in [0.1, 0.15) is 0 Å². The fraction of sp³-hybridized carbons (Fsp3) is 0.400. The molecule has 0 bridgehead atoms. The maximum absolute atomic E-state index is 11.8. The lowest BCUT2D eigenvalue weighted by atomic mass is 10.1. The van der Waals surface area contributed by atoms with Crippen LogP contribution in [0.5, 0.6) is 0 Å². The van der Waals surface area contributed by atoms with E-state index >= 15 is 0 Å². The van der Waals surface area contributed by atoms with Crippen molar-refractivity contribution in [3.63, 3.8) is 0 Å². The lowest BCUT2D eigenvalue weighted by molar-refractivity contribution is -0.127. The maximum atomic E-state index is 11.8. The summed E-state index contributed by atoms with van der Waals surface area (Å²) in [5.74, 6) is 1.19. The zero-order valence-corrected chi connectivity index (χ0v) is 12.2. The fourth-order valence-corrected chi connectivity index (χ4v) is 3.84. The van der Waals surface area contributed by atoms with Crippen LogP contribution in [0.4, 0.5) is 0 Å². The van der Waals surface area contributed by atoms with Crippen LogP contribution in [0.3, 0.4) is 0 Å². The quantitative estimate of drug-likeness (QED) is 0.790. The van der Waals surface area contributed by atoms with Gasteiger partial charge in [0.15, 0.2) is 0 Å². The topological polar surface area (TPSA) is 20.3 Å². The lowest BCUT2D eigenvalue weighted by Gasteiger charge is -2.15. The minimum atomic E-state index is 0.256. The molecule has 1 saturated heterocycles. The van der Waals surface area contributed by atoms with E-state index in [1.165, 1.54) is 15.0 Å². The third-order valence-corrected chi connectivity index (χ3v) is 5.23. The maximum Gasteiger partial charge on any atom is 0.222 e. The average molecular weight is 294 g/mol. The first kappa shape index (κ1) is 12.9. The average Bonchev–Trinajstić information content (AvgIpc) is 2.99. The Bertz CT molecular complexity index is 562. The Morgan fingerprint density at radius 3 is 2.95 bits per heavy atom. The Morgan fingerprint density at radius 2 is 2.21 bits per heavy atom.